The van der Waals surface area contributed by atoms with Gasteiger partial charge in [-0.2, -0.15) is 5.10 Å². The molecule has 20 heavy (non-hydrogen) atoms. The topological polar surface area (TPSA) is 77.2 Å². The van der Waals surface area contributed by atoms with Crippen molar-refractivity contribution in [1.29, 1.82) is 0 Å². The Labute approximate surface area is 117 Å². The second-order valence-corrected chi connectivity index (χ2v) is 4.49. The van der Waals surface area contributed by atoms with Crippen LogP contribution in [0.15, 0.2) is 30.6 Å². The number of carboxylic acids is 1. The maximum atomic E-state index is 11.0. The quantitative estimate of drug-likeness (QED) is 0.876. The average molecular weight is 275 g/mol. The molecule has 0 fully saturated rings. The second-order valence-electron chi connectivity index (χ2n) is 4.49. The molecular formula is C14H17N3O3. The Hall–Kier alpha value is -2.37. The van der Waals surface area contributed by atoms with Crippen LogP contribution in [0.1, 0.15) is 42.5 Å². The molecule has 0 bridgehead atoms. The van der Waals surface area contributed by atoms with E-state index < -0.39 is 5.97 Å². The van der Waals surface area contributed by atoms with E-state index in [0.29, 0.717) is 6.04 Å². The number of pyridine rings is 1. The van der Waals surface area contributed by atoms with Crippen molar-refractivity contribution in [2.24, 2.45) is 0 Å². The Morgan fingerprint density at radius 1 is 1.50 bits per heavy atom. The highest BCUT2D eigenvalue weighted by atomic mass is 16.5. The van der Waals surface area contributed by atoms with E-state index in [1.165, 1.54) is 6.20 Å². The van der Waals surface area contributed by atoms with Crippen molar-refractivity contribution >= 4 is 5.97 Å². The van der Waals surface area contributed by atoms with Gasteiger partial charge in [0.1, 0.15) is 6.61 Å². The molecule has 1 N–H and O–H groups in total. The number of aromatic nitrogens is 3. The van der Waals surface area contributed by atoms with Gasteiger partial charge in [-0.25, -0.2) is 9.78 Å². The van der Waals surface area contributed by atoms with E-state index in [-0.39, 0.29) is 18.1 Å². The van der Waals surface area contributed by atoms with Crippen molar-refractivity contribution in [2.45, 2.75) is 32.9 Å². The molecule has 6 heteroatoms. The molecule has 2 heterocycles. The highest BCUT2D eigenvalue weighted by Gasteiger charge is 2.13. The largest absolute Gasteiger partial charge is 0.485 e. The molecule has 0 saturated heterocycles. The van der Waals surface area contributed by atoms with Gasteiger partial charge in [0.2, 0.25) is 0 Å². The molecule has 0 amide bonds. The fourth-order valence-corrected chi connectivity index (χ4v) is 1.71. The average Bonchev–Trinajstić information content (AvgIpc) is 2.93. The van der Waals surface area contributed by atoms with Gasteiger partial charge in [0, 0.05) is 18.4 Å². The minimum Gasteiger partial charge on any atom is -0.485 e. The lowest BCUT2D eigenvalue weighted by atomic mass is 10.3. The first-order valence-corrected chi connectivity index (χ1v) is 6.47. The van der Waals surface area contributed by atoms with Crippen LogP contribution in [0.4, 0.5) is 0 Å². The Bertz CT molecular complexity index is 595. The third-order valence-corrected chi connectivity index (χ3v) is 3.05. The zero-order valence-corrected chi connectivity index (χ0v) is 11.5. The summed E-state index contributed by atoms with van der Waals surface area (Å²) in [6.07, 6.45) is 4.32. The molecule has 0 radical (unpaired) electrons. The van der Waals surface area contributed by atoms with E-state index in [9.17, 15) is 4.79 Å². The molecule has 2 aromatic rings. The van der Waals surface area contributed by atoms with Gasteiger partial charge in [-0.15, -0.1) is 0 Å². The standard InChI is InChI=1S/C14H17N3O3/c1-3-10(2)17-8-6-11(16-17)9-20-12-5-4-7-15-13(12)14(18)19/h4-8,10H,3,9H2,1-2H3,(H,18,19). The smallest absolute Gasteiger partial charge is 0.358 e. The van der Waals surface area contributed by atoms with E-state index >= 15 is 0 Å². The Morgan fingerprint density at radius 3 is 3.00 bits per heavy atom. The van der Waals surface area contributed by atoms with Crippen molar-refractivity contribution in [3.05, 3.63) is 42.0 Å². The summed E-state index contributed by atoms with van der Waals surface area (Å²) in [5, 5.41) is 13.4. The number of carbonyl (C=O) groups is 1. The first-order chi connectivity index (χ1) is 9.61. The molecule has 2 rings (SSSR count). The van der Waals surface area contributed by atoms with Gasteiger partial charge in [-0.05, 0) is 31.5 Å². The van der Waals surface area contributed by atoms with Gasteiger partial charge in [0.05, 0.1) is 5.69 Å². The van der Waals surface area contributed by atoms with Crippen LogP contribution in [0.25, 0.3) is 0 Å². The van der Waals surface area contributed by atoms with Gasteiger partial charge in [0.15, 0.2) is 11.4 Å². The number of carboxylic acid groups (broad SMARTS) is 1. The Balaban J connectivity index is 2.06. The zero-order chi connectivity index (χ0) is 14.5. The van der Waals surface area contributed by atoms with E-state index in [1.54, 1.807) is 12.1 Å². The summed E-state index contributed by atoms with van der Waals surface area (Å²) in [6.45, 7) is 4.40. The summed E-state index contributed by atoms with van der Waals surface area (Å²) < 4.78 is 7.37. The number of nitrogens with zero attached hydrogens (tertiary/aromatic N) is 3. The molecule has 0 aromatic carbocycles. The molecule has 0 aliphatic carbocycles. The van der Waals surface area contributed by atoms with Crippen LogP contribution in [0.2, 0.25) is 0 Å². The van der Waals surface area contributed by atoms with Crippen LogP contribution in [-0.4, -0.2) is 25.8 Å². The summed E-state index contributed by atoms with van der Waals surface area (Å²) >= 11 is 0. The number of hydrogen-bond donors (Lipinski definition) is 1. The SMILES string of the molecule is CCC(C)n1ccc(COc2cccnc2C(=O)O)n1. The maximum Gasteiger partial charge on any atom is 0.358 e. The molecular weight excluding hydrogens is 258 g/mol. The van der Waals surface area contributed by atoms with Crippen molar-refractivity contribution in [3.63, 3.8) is 0 Å². The van der Waals surface area contributed by atoms with E-state index in [4.69, 9.17) is 9.84 Å². The molecule has 6 nitrogen and oxygen atoms in total. The van der Waals surface area contributed by atoms with Crippen molar-refractivity contribution in [2.75, 3.05) is 0 Å². The number of hydrogen-bond acceptors (Lipinski definition) is 4. The van der Waals surface area contributed by atoms with E-state index in [2.05, 4.69) is 23.9 Å². The molecule has 0 saturated carbocycles. The second kappa shape index (κ2) is 6.18. The third-order valence-electron chi connectivity index (χ3n) is 3.05. The summed E-state index contributed by atoms with van der Waals surface area (Å²) in [4.78, 5) is 14.8. The molecule has 0 aliphatic rings. The first kappa shape index (κ1) is 14.0. The normalized spacial score (nSPS) is 12.1. The predicted molar refractivity (Wildman–Crippen MR) is 72.8 cm³/mol. The van der Waals surface area contributed by atoms with Crippen LogP contribution < -0.4 is 4.74 Å². The molecule has 0 aliphatic heterocycles. The lowest BCUT2D eigenvalue weighted by Gasteiger charge is -2.09. The number of aromatic carboxylic acids is 1. The maximum absolute atomic E-state index is 11.0. The highest BCUT2D eigenvalue weighted by molar-refractivity contribution is 5.88. The lowest BCUT2D eigenvalue weighted by Crippen LogP contribution is -2.07. The highest BCUT2D eigenvalue weighted by Crippen LogP contribution is 2.17. The van der Waals surface area contributed by atoms with Crippen molar-refractivity contribution < 1.29 is 14.6 Å². The minimum atomic E-state index is -1.11. The number of ether oxygens (including phenoxy) is 1. The summed E-state index contributed by atoms with van der Waals surface area (Å²) in [5.41, 5.74) is 0.666. The van der Waals surface area contributed by atoms with Crippen LogP contribution in [0, 0.1) is 0 Å². The van der Waals surface area contributed by atoms with Gasteiger partial charge >= 0.3 is 5.97 Å². The molecule has 1 atom stereocenters. The Kier molecular flexibility index (Phi) is 4.34. The van der Waals surface area contributed by atoms with Gasteiger partial charge in [-0.1, -0.05) is 6.92 Å². The van der Waals surface area contributed by atoms with Gasteiger partial charge < -0.3 is 9.84 Å². The van der Waals surface area contributed by atoms with Crippen molar-refractivity contribution in [1.82, 2.24) is 14.8 Å². The summed E-state index contributed by atoms with van der Waals surface area (Å²) in [5.74, 6) is -0.858. The Morgan fingerprint density at radius 2 is 2.30 bits per heavy atom. The fourth-order valence-electron chi connectivity index (χ4n) is 1.71. The molecule has 1 unspecified atom stereocenters. The lowest BCUT2D eigenvalue weighted by molar-refractivity contribution is 0.0684. The molecule has 2 aromatic heterocycles. The fraction of sp³-hybridized carbons (Fsp3) is 0.357. The monoisotopic (exact) mass is 275 g/mol. The van der Waals surface area contributed by atoms with Crippen LogP contribution in [0.3, 0.4) is 0 Å². The van der Waals surface area contributed by atoms with Gasteiger partial charge in [-0.3, -0.25) is 4.68 Å². The minimum absolute atomic E-state index is 0.0890. The van der Waals surface area contributed by atoms with Crippen LogP contribution in [0.5, 0.6) is 5.75 Å². The van der Waals surface area contributed by atoms with Crippen molar-refractivity contribution in [3.8, 4) is 5.75 Å². The summed E-state index contributed by atoms with van der Waals surface area (Å²) in [6, 6.07) is 5.42. The first-order valence-electron chi connectivity index (χ1n) is 6.47. The van der Waals surface area contributed by atoms with Crippen LogP contribution in [-0.2, 0) is 6.61 Å². The number of rotatable bonds is 6. The summed E-state index contributed by atoms with van der Waals surface area (Å²) in [7, 11) is 0. The van der Waals surface area contributed by atoms with E-state index in [1.807, 2.05) is 16.9 Å². The van der Waals surface area contributed by atoms with Crippen LogP contribution >= 0.6 is 0 Å². The third kappa shape index (κ3) is 3.14. The zero-order valence-electron chi connectivity index (χ0n) is 11.5. The molecule has 106 valence electrons. The molecule has 0 spiro atoms. The van der Waals surface area contributed by atoms with Gasteiger partial charge in [0.25, 0.3) is 0 Å². The van der Waals surface area contributed by atoms with E-state index in [0.717, 1.165) is 12.1 Å². The predicted octanol–water partition coefficient (Wildman–Crippen LogP) is 2.53.